The van der Waals surface area contributed by atoms with Crippen molar-refractivity contribution in [3.63, 3.8) is 0 Å². The molecule has 0 saturated carbocycles. The van der Waals surface area contributed by atoms with Gasteiger partial charge in [-0.2, -0.15) is 0 Å². The van der Waals surface area contributed by atoms with Crippen LogP contribution in [0.3, 0.4) is 0 Å². The molecule has 1 aliphatic rings. The minimum absolute atomic E-state index is 0.875. The molecule has 1 aromatic heterocycles. The maximum Gasteiger partial charge on any atom is 0.0701 e. The molecular weight excluding hydrogens is 284 g/mol. The Kier molecular flexibility index (Phi) is 4.82. The molecule has 2 heterocycles. The maximum absolute atomic E-state index is 3.57. The van der Waals surface area contributed by atoms with E-state index in [1.165, 1.54) is 41.1 Å². The van der Waals surface area contributed by atoms with Crippen LogP contribution in [0.2, 0.25) is 0 Å². The molecule has 1 saturated heterocycles. The van der Waals surface area contributed by atoms with Gasteiger partial charge in [-0.05, 0) is 73.5 Å². The molecule has 0 bridgehead atoms. The van der Waals surface area contributed by atoms with Crippen LogP contribution in [0.1, 0.15) is 17.7 Å². The highest BCUT2D eigenvalue weighted by Crippen LogP contribution is 2.22. The van der Waals surface area contributed by atoms with E-state index in [2.05, 4.69) is 45.3 Å². The van der Waals surface area contributed by atoms with Crippen molar-refractivity contribution in [1.82, 2.24) is 10.2 Å². The summed E-state index contributed by atoms with van der Waals surface area (Å²) in [4.78, 5) is 3.84. The molecule has 2 nitrogen and oxygen atoms in total. The number of rotatable bonds is 4. The van der Waals surface area contributed by atoms with E-state index in [1.807, 2.05) is 11.3 Å². The molecule has 1 fully saturated rings. The number of nitrogens with zero attached hydrogens (tertiary/aromatic N) is 1. The van der Waals surface area contributed by atoms with Gasteiger partial charge in [-0.3, -0.25) is 0 Å². The number of likely N-dealkylation sites (tertiary alicyclic amines) is 1. The van der Waals surface area contributed by atoms with Crippen molar-refractivity contribution in [2.45, 2.75) is 19.4 Å². The Morgan fingerprint density at radius 2 is 2.19 bits per heavy atom. The van der Waals surface area contributed by atoms with Crippen molar-refractivity contribution < 1.29 is 0 Å². The summed E-state index contributed by atoms with van der Waals surface area (Å²) in [5, 5.41) is 3.57. The molecule has 90 valence electrons. The van der Waals surface area contributed by atoms with Gasteiger partial charge < -0.3 is 10.2 Å². The number of thiophene rings is 1. The Morgan fingerprint density at radius 3 is 2.81 bits per heavy atom. The summed E-state index contributed by atoms with van der Waals surface area (Å²) in [5.41, 5.74) is 0. The smallest absolute Gasteiger partial charge is 0.0701 e. The van der Waals surface area contributed by atoms with Crippen molar-refractivity contribution in [1.29, 1.82) is 0 Å². The van der Waals surface area contributed by atoms with Gasteiger partial charge >= 0.3 is 0 Å². The van der Waals surface area contributed by atoms with E-state index in [1.54, 1.807) is 0 Å². The standard InChI is InChI=1S/C12H19BrN2S/c1-15-6-4-10(5-7-15)8-14-9-11-2-3-12(13)16-11/h2-3,10,14H,4-9H2,1H3. The first-order chi connectivity index (χ1) is 7.74. The third kappa shape index (κ3) is 3.84. The highest BCUT2D eigenvalue weighted by atomic mass is 79.9. The Hall–Kier alpha value is 0.1000. The van der Waals surface area contributed by atoms with Crippen LogP contribution in [0.5, 0.6) is 0 Å². The van der Waals surface area contributed by atoms with Crippen LogP contribution in [-0.2, 0) is 6.54 Å². The predicted molar refractivity (Wildman–Crippen MR) is 73.9 cm³/mol. The van der Waals surface area contributed by atoms with Crippen molar-refractivity contribution in [3.8, 4) is 0 Å². The zero-order valence-corrected chi connectivity index (χ0v) is 12.1. The third-order valence-electron chi connectivity index (χ3n) is 3.20. The lowest BCUT2D eigenvalue weighted by atomic mass is 9.97. The van der Waals surface area contributed by atoms with Crippen LogP contribution in [-0.4, -0.2) is 31.6 Å². The van der Waals surface area contributed by atoms with Crippen LogP contribution in [0, 0.1) is 5.92 Å². The largest absolute Gasteiger partial charge is 0.312 e. The maximum atomic E-state index is 3.57. The van der Waals surface area contributed by atoms with Crippen LogP contribution in [0.15, 0.2) is 15.9 Å². The Morgan fingerprint density at radius 1 is 1.44 bits per heavy atom. The van der Waals surface area contributed by atoms with Crippen LogP contribution in [0.4, 0.5) is 0 Å². The summed E-state index contributed by atoms with van der Waals surface area (Å²) in [6.45, 7) is 4.71. The van der Waals surface area contributed by atoms with Crippen LogP contribution in [0.25, 0.3) is 0 Å². The second-order valence-corrected chi connectivity index (χ2v) is 7.13. The fourth-order valence-corrected chi connectivity index (χ4v) is 3.57. The van der Waals surface area contributed by atoms with Gasteiger partial charge in [0.15, 0.2) is 0 Å². The quantitative estimate of drug-likeness (QED) is 0.920. The summed E-state index contributed by atoms with van der Waals surface area (Å²) in [6, 6.07) is 4.31. The summed E-state index contributed by atoms with van der Waals surface area (Å²) < 4.78 is 1.23. The highest BCUT2D eigenvalue weighted by molar-refractivity contribution is 9.11. The summed E-state index contributed by atoms with van der Waals surface area (Å²) in [6.07, 6.45) is 2.69. The van der Waals surface area contributed by atoms with E-state index in [0.29, 0.717) is 0 Å². The molecule has 0 radical (unpaired) electrons. The molecule has 0 amide bonds. The normalized spacial score (nSPS) is 19.1. The minimum Gasteiger partial charge on any atom is -0.312 e. The number of hydrogen-bond donors (Lipinski definition) is 1. The molecule has 2 rings (SSSR count). The molecule has 0 aromatic carbocycles. The molecule has 1 N–H and O–H groups in total. The zero-order valence-electron chi connectivity index (χ0n) is 9.71. The van der Waals surface area contributed by atoms with Crippen LogP contribution < -0.4 is 5.32 Å². The Labute approximate surface area is 110 Å². The van der Waals surface area contributed by atoms with Gasteiger partial charge in [-0.15, -0.1) is 11.3 Å². The van der Waals surface area contributed by atoms with Crippen molar-refractivity contribution in [2.24, 2.45) is 5.92 Å². The van der Waals surface area contributed by atoms with Gasteiger partial charge in [-0.1, -0.05) is 0 Å². The van der Waals surface area contributed by atoms with Gasteiger partial charge in [0, 0.05) is 11.4 Å². The molecule has 0 atom stereocenters. The SMILES string of the molecule is CN1CCC(CNCc2ccc(Br)s2)CC1. The van der Waals surface area contributed by atoms with Crippen molar-refractivity contribution in [2.75, 3.05) is 26.7 Å². The highest BCUT2D eigenvalue weighted by Gasteiger charge is 2.15. The fraction of sp³-hybridized carbons (Fsp3) is 0.667. The Bertz CT molecular complexity index is 319. The lowest BCUT2D eigenvalue weighted by molar-refractivity contribution is 0.216. The van der Waals surface area contributed by atoms with Gasteiger partial charge in [0.05, 0.1) is 3.79 Å². The summed E-state index contributed by atoms with van der Waals surface area (Å²) in [7, 11) is 2.22. The zero-order chi connectivity index (χ0) is 11.4. The van der Waals surface area contributed by atoms with E-state index in [-0.39, 0.29) is 0 Å². The summed E-state index contributed by atoms with van der Waals surface area (Å²) >= 11 is 5.31. The van der Waals surface area contributed by atoms with Gasteiger partial charge in [0.1, 0.15) is 0 Å². The van der Waals surface area contributed by atoms with E-state index >= 15 is 0 Å². The second kappa shape index (κ2) is 6.15. The second-order valence-electron chi connectivity index (χ2n) is 4.58. The molecule has 1 aliphatic heterocycles. The molecule has 16 heavy (non-hydrogen) atoms. The van der Waals surface area contributed by atoms with E-state index < -0.39 is 0 Å². The van der Waals surface area contributed by atoms with E-state index in [4.69, 9.17) is 0 Å². The predicted octanol–water partition coefficient (Wildman–Crippen LogP) is 2.94. The molecule has 0 aliphatic carbocycles. The number of nitrogens with one attached hydrogen (secondary N) is 1. The first-order valence-corrected chi connectivity index (χ1v) is 7.48. The monoisotopic (exact) mass is 302 g/mol. The molecule has 0 spiro atoms. The van der Waals surface area contributed by atoms with E-state index in [9.17, 15) is 0 Å². The number of hydrogen-bond acceptors (Lipinski definition) is 3. The first kappa shape index (κ1) is 12.6. The summed E-state index contributed by atoms with van der Waals surface area (Å²) in [5.74, 6) is 0.875. The van der Waals surface area contributed by atoms with Gasteiger partial charge in [-0.25, -0.2) is 0 Å². The fourth-order valence-electron chi connectivity index (χ4n) is 2.11. The first-order valence-electron chi connectivity index (χ1n) is 5.87. The number of halogens is 1. The lowest BCUT2D eigenvalue weighted by Gasteiger charge is -2.28. The molecule has 0 unspecified atom stereocenters. The Balaban J connectivity index is 1.64. The van der Waals surface area contributed by atoms with Crippen molar-refractivity contribution >= 4 is 27.3 Å². The van der Waals surface area contributed by atoms with Crippen molar-refractivity contribution in [3.05, 3.63) is 20.8 Å². The van der Waals surface area contributed by atoms with Crippen LogP contribution >= 0.6 is 27.3 Å². The molecule has 1 aromatic rings. The van der Waals surface area contributed by atoms with E-state index in [0.717, 1.165) is 12.5 Å². The van der Waals surface area contributed by atoms with Gasteiger partial charge in [0.25, 0.3) is 0 Å². The third-order valence-corrected chi connectivity index (χ3v) is 4.82. The molecule has 4 heteroatoms. The molecular formula is C12H19BrN2S. The lowest BCUT2D eigenvalue weighted by Crippen LogP contribution is -2.34. The average Bonchev–Trinajstić information content (AvgIpc) is 2.67. The number of piperidine rings is 1. The minimum atomic E-state index is 0.875. The van der Waals surface area contributed by atoms with Gasteiger partial charge in [0.2, 0.25) is 0 Å². The topological polar surface area (TPSA) is 15.3 Å². The average molecular weight is 303 g/mol.